The molecule has 2 aliphatic carbocycles. The fourth-order valence-electron chi connectivity index (χ4n) is 2.39. The first kappa shape index (κ1) is 7.96. The molecule has 0 aromatic rings. The van der Waals surface area contributed by atoms with Gasteiger partial charge in [0.2, 0.25) is 0 Å². The van der Waals surface area contributed by atoms with Gasteiger partial charge in [-0.3, -0.25) is 9.59 Å². The van der Waals surface area contributed by atoms with Crippen molar-refractivity contribution in [2.75, 3.05) is 0 Å². The normalized spacial score (nSPS) is 36.3. The lowest BCUT2D eigenvalue weighted by Crippen LogP contribution is -2.18. The zero-order valence-electron chi connectivity index (χ0n) is 7.21. The molecule has 0 aromatic carbocycles. The Hall–Kier alpha value is -0.660. The molecule has 66 valence electrons. The molecule has 2 nitrogen and oxygen atoms in total. The molecule has 0 aromatic heterocycles. The predicted octanol–water partition coefficient (Wildman–Crippen LogP) is 1.72. The summed E-state index contributed by atoms with van der Waals surface area (Å²) in [4.78, 5) is 22.7. The zero-order valence-corrected chi connectivity index (χ0v) is 7.21. The van der Waals surface area contributed by atoms with Crippen molar-refractivity contribution in [1.82, 2.24) is 0 Å². The van der Waals surface area contributed by atoms with Gasteiger partial charge in [0.05, 0.1) is 0 Å². The predicted molar refractivity (Wildman–Crippen MR) is 44.7 cm³/mol. The fraction of sp³-hybridized carbons (Fsp3) is 0.800. The van der Waals surface area contributed by atoms with Crippen LogP contribution in [-0.2, 0) is 9.59 Å². The third-order valence-electron chi connectivity index (χ3n) is 3.17. The van der Waals surface area contributed by atoms with E-state index in [0.29, 0.717) is 23.9 Å². The van der Waals surface area contributed by atoms with E-state index in [-0.39, 0.29) is 5.92 Å². The third kappa shape index (κ3) is 1.43. The van der Waals surface area contributed by atoms with E-state index < -0.39 is 0 Å². The standard InChI is InChI=1S/C10H14O2/c11-9-5-7-1-3-8(6-9)10(12)4-2-7/h7-8H,1-6H2. The third-order valence-corrected chi connectivity index (χ3v) is 3.17. The molecule has 0 aliphatic heterocycles. The summed E-state index contributed by atoms with van der Waals surface area (Å²) in [6.45, 7) is 0. The maximum atomic E-state index is 11.4. The summed E-state index contributed by atoms with van der Waals surface area (Å²) in [6.07, 6.45) is 5.03. The van der Waals surface area contributed by atoms with Crippen molar-refractivity contribution in [2.24, 2.45) is 11.8 Å². The van der Waals surface area contributed by atoms with Crippen molar-refractivity contribution in [3.63, 3.8) is 0 Å². The molecule has 2 aliphatic rings. The summed E-state index contributed by atoms with van der Waals surface area (Å²) in [5.41, 5.74) is 0. The number of hydrogen-bond donors (Lipinski definition) is 0. The van der Waals surface area contributed by atoms with E-state index in [9.17, 15) is 9.59 Å². The number of carbonyl (C=O) groups excluding carboxylic acids is 2. The van der Waals surface area contributed by atoms with Crippen LogP contribution in [0.3, 0.4) is 0 Å². The zero-order chi connectivity index (χ0) is 8.55. The lowest BCUT2D eigenvalue weighted by atomic mass is 9.90. The molecule has 2 fully saturated rings. The molecule has 2 rings (SSSR count). The number of ketones is 2. The number of fused-ring (bicyclic) bond motifs is 3. The van der Waals surface area contributed by atoms with Gasteiger partial charge in [-0.05, 0) is 25.2 Å². The molecule has 0 N–H and O–H groups in total. The van der Waals surface area contributed by atoms with Crippen molar-refractivity contribution in [1.29, 1.82) is 0 Å². The molecule has 0 spiro atoms. The van der Waals surface area contributed by atoms with E-state index in [0.717, 1.165) is 32.1 Å². The van der Waals surface area contributed by atoms with Crippen LogP contribution < -0.4 is 0 Å². The highest BCUT2D eigenvalue weighted by Gasteiger charge is 2.31. The summed E-state index contributed by atoms with van der Waals surface area (Å²) in [7, 11) is 0. The minimum absolute atomic E-state index is 0.0880. The van der Waals surface area contributed by atoms with Gasteiger partial charge in [-0.25, -0.2) is 0 Å². The Morgan fingerprint density at radius 3 is 2.67 bits per heavy atom. The minimum atomic E-state index is 0.0880. The van der Waals surface area contributed by atoms with E-state index in [1.165, 1.54) is 0 Å². The first-order valence-corrected chi connectivity index (χ1v) is 4.80. The molecule has 2 heteroatoms. The van der Waals surface area contributed by atoms with Crippen LogP contribution in [-0.4, -0.2) is 11.6 Å². The average Bonchev–Trinajstić information content (AvgIpc) is 2.29. The van der Waals surface area contributed by atoms with Crippen LogP contribution in [0.15, 0.2) is 0 Å². The topological polar surface area (TPSA) is 34.1 Å². The van der Waals surface area contributed by atoms with Gasteiger partial charge in [-0.2, -0.15) is 0 Å². The summed E-state index contributed by atoms with van der Waals surface area (Å²) in [6, 6.07) is 0. The average molecular weight is 166 g/mol. The Labute approximate surface area is 72.3 Å². The SMILES string of the molecule is O=C1CC2CCC(=O)C(CC2)C1. The van der Waals surface area contributed by atoms with Gasteiger partial charge in [0.25, 0.3) is 0 Å². The van der Waals surface area contributed by atoms with E-state index >= 15 is 0 Å². The van der Waals surface area contributed by atoms with Gasteiger partial charge < -0.3 is 0 Å². The summed E-state index contributed by atoms with van der Waals surface area (Å²) in [5.74, 6) is 1.26. The summed E-state index contributed by atoms with van der Waals surface area (Å²) < 4.78 is 0. The van der Waals surface area contributed by atoms with Crippen molar-refractivity contribution in [2.45, 2.75) is 38.5 Å². The monoisotopic (exact) mass is 166 g/mol. The highest BCUT2D eigenvalue weighted by Crippen LogP contribution is 2.33. The van der Waals surface area contributed by atoms with Gasteiger partial charge in [-0.15, -0.1) is 0 Å². The van der Waals surface area contributed by atoms with Crippen LogP contribution in [0, 0.1) is 11.8 Å². The second-order valence-electron chi connectivity index (χ2n) is 4.09. The van der Waals surface area contributed by atoms with Crippen LogP contribution in [0.25, 0.3) is 0 Å². The van der Waals surface area contributed by atoms with Crippen LogP contribution in [0.1, 0.15) is 38.5 Å². The molecule has 0 saturated heterocycles. The molecular formula is C10H14O2. The van der Waals surface area contributed by atoms with Gasteiger partial charge in [0, 0.05) is 25.2 Å². The molecule has 0 heterocycles. The number of Topliss-reactive ketones (excluding diaryl/α,β-unsaturated/α-hetero) is 2. The Balaban J connectivity index is 2.19. The van der Waals surface area contributed by atoms with Gasteiger partial charge in [0.1, 0.15) is 11.6 Å². The van der Waals surface area contributed by atoms with E-state index in [1.54, 1.807) is 0 Å². The first-order chi connectivity index (χ1) is 5.75. The van der Waals surface area contributed by atoms with Crippen molar-refractivity contribution in [3.05, 3.63) is 0 Å². The smallest absolute Gasteiger partial charge is 0.136 e. The Morgan fingerprint density at radius 1 is 1.00 bits per heavy atom. The molecule has 0 radical (unpaired) electrons. The minimum Gasteiger partial charge on any atom is -0.300 e. The second kappa shape index (κ2) is 3.00. The van der Waals surface area contributed by atoms with Crippen molar-refractivity contribution < 1.29 is 9.59 Å². The Kier molecular flexibility index (Phi) is 1.99. The number of rotatable bonds is 0. The highest BCUT2D eigenvalue weighted by atomic mass is 16.1. The maximum absolute atomic E-state index is 11.4. The van der Waals surface area contributed by atoms with Gasteiger partial charge in [0.15, 0.2) is 0 Å². The van der Waals surface area contributed by atoms with E-state index in [1.807, 2.05) is 0 Å². The molecule has 2 saturated carbocycles. The molecule has 2 atom stereocenters. The van der Waals surface area contributed by atoms with Crippen molar-refractivity contribution in [3.8, 4) is 0 Å². The van der Waals surface area contributed by atoms with E-state index in [2.05, 4.69) is 0 Å². The van der Waals surface area contributed by atoms with Crippen LogP contribution in [0.5, 0.6) is 0 Å². The maximum Gasteiger partial charge on any atom is 0.136 e. The number of carbonyl (C=O) groups is 2. The summed E-state index contributed by atoms with van der Waals surface area (Å²) in [5, 5.41) is 0. The lowest BCUT2D eigenvalue weighted by Gasteiger charge is -2.12. The molecule has 2 bridgehead atoms. The van der Waals surface area contributed by atoms with Gasteiger partial charge >= 0.3 is 0 Å². The van der Waals surface area contributed by atoms with E-state index in [4.69, 9.17) is 0 Å². The number of hydrogen-bond acceptors (Lipinski definition) is 2. The Bertz CT molecular complexity index is 220. The molecule has 2 unspecified atom stereocenters. The first-order valence-electron chi connectivity index (χ1n) is 4.80. The fourth-order valence-corrected chi connectivity index (χ4v) is 2.39. The molecule has 0 amide bonds. The quantitative estimate of drug-likeness (QED) is 0.549. The van der Waals surface area contributed by atoms with Crippen LogP contribution in [0.4, 0.5) is 0 Å². The van der Waals surface area contributed by atoms with Crippen LogP contribution >= 0.6 is 0 Å². The highest BCUT2D eigenvalue weighted by molar-refractivity contribution is 5.89. The van der Waals surface area contributed by atoms with Gasteiger partial charge in [-0.1, -0.05) is 0 Å². The molecular weight excluding hydrogens is 152 g/mol. The largest absolute Gasteiger partial charge is 0.300 e. The van der Waals surface area contributed by atoms with Crippen molar-refractivity contribution >= 4 is 11.6 Å². The second-order valence-corrected chi connectivity index (χ2v) is 4.09. The molecule has 12 heavy (non-hydrogen) atoms. The Morgan fingerprint density at radius 2 is 1.83 bits per heavy atom. The lowest BCUT2D eigenvalue weighted by molar-refractivity contribution is -0.128. The van der Waals surface area contributed by atoms with Crippen LogP contribution in [0.2, 0.25) is 0 Å². The summed E-state index contributed by atoms with van der Waals surface area (Å²) >= 11 is 0.